The van der Waals surface area contributed by atoms with E-state index in [-0.39, 0.29) is 29.8 Å². The number of nitrogens with one attached hydrogen (secondary N) is 2. The van der Waals surface area contributed by atoms with Gasteiger partial charge < -0.3 is 10.6 Å². The maximum atomic E-state index is 12.6. The van der Waals surface area contributed by atoms with Crippen molar-refractivity contribution in [2.24, 2.45) is 0 Å². The molecule has 1 aromatic carbocycles. The Kier molecular flexibility index (Phi) is 6.99. The Morgan fingerprint density at radius 1 is 1.28 bits per heavy atom. The number of aromatic nitrogens is 1. The number of piperazine rings is 1. The summed E-state index contributed by atoms with van der Waals surface area (Å²) >= 11 is 1.65. The lowest BCUT2D eigenvalue weighted by molar-refractivity contribution is -0.122. The molecule has 2 amide bonds. The first-order chi connectivity index (χ1) is 13.9. The lowest BCUT2D eigenvalue weighted by Crippen LogP contribution is -2.49. The van der Waals surface area contributed by atoms with E-state index in [0.717, 1.165) is 34.3 Å². The van der Waals surface area contributed by atoms with Gasteiger partial charge in [-0.2, -0.15) is 4.31 Å². The Morgan fingerprint density at radius 3 is 2.69 bits per heavy atom. The number of aryl methyl sites for hydroxylation is 2. The molecule has 3 rings (SSSR count). The highest BCUT2D eigenvalue weighted by Gasteiger charge is 2.29. The van der Waals surface area contributed by atoms with E-state index in [1.807, 2.05) is 12.3 Å². The number of thiazole rings is 1. The molecule has 1 fully saturated rings. The van der Waals surface area contributed by atoms with Gasteiger partial charge in [0.2, 0.25) is 15.9 Å². The molecule has 2 aromatic rings. The minimum absolute atomic E-state index is 0.0718. The molecule has 0 atom stereocenters. The van der Waals surface area contributed by atoms with E-state index < -0.39 is 10.0 Å². The largest absolute Gasteiger partial charge is 0.354 e. The first-order valence-corrected chi connectivity index (χ1v) is 11.7. The zero-order valence-corrected chi connectivity index (χ0v) is 17.8. The van der Waals surface area contributed by atoms with Gasteiger partial charge in [0.05, 0.1) is 16.4 Å². The summed E-state index contributed by atoms with van der Waals surface area (Å²) in [4.78, 5) is 28.2. The number of sulfonamides is 1. The normalized spacial score (nSPS) is 15.1. The van der Waals surface area contributed by atoms with E-state index in [1.165, 1.54) is 24.3 Å². The minimum atomic E-state index is -3.75. The number of nitrogens with zero attached hydrogens (tertiary/aromatic N) is 2. The van der Waals surface area contributed by atoms with Gasteiger partial charge in [0, 0.05) is 36.3 Å². The Bertz CT molecular complexity index is 970. The van der Waals surface area contributed by atoms with Gasteiger partial charge in [-0.15, -0.1) is 11.3 Å². The molecule has 0 bridgehead atoms. The summed E-state index contributed by atoms with van der Waals surface area (Å²) in [5.74, 6) is -0.558. The van der Waals surface area contributed by atoms with Crippen molar-refractivity contribution in [1.82, 2.24) is 19.9 Å². The number of amides is 2. The van der Waals surface area contributed by atoms with Gasteiger partial charge in [0.25, 0.3) is 5.91 Å². The van der Waals surface area contributed by atoms with Gasteiger partial charge in [-0.3, -0.25) is 9.59 Å². The van der Waals surface area contributed by atoms with Gasteiger partial charge in [-0.05, 0) is 50.5 Å². The van der Waals surface area contributed by atoms with E-state index in [2.05, 4.69) is 15.6 Å². The number of hydrogen-bond acceptors (Lipinski definition) is 6. The highest BCUT2D eigenvalue weighted by molar-refractivity contribution is 7.89. The first-order valence-electron chi connectivity index (χ1n) is 9.42. The Hall–Kier alpha value is -2.30. The van der Waals surface area contributed by atoms with Crippen LogP contribution in [0.25, 0.3) is 0 Å². The number of benzene rings is 1. The van der Waals surface area contributed by atoms with E-state index in [1.54, 1.807) is 11.3 Å². The molecule has 0 unspecified atom stereocenters. The van der Waals surface area contributed by atoms with Crippen LogP contribution in [0.4, 0.5) is 0 Å². The summed E-state index contributed by atoms with van der Waals surface area (Å²) in [5.41, 5.74) is 1.43. The van der Waals surface area contributed by atoms with Crippen molar-refractivity contribution in [3.8, 4) is 0 Å². The highest BCUT2D eigenvalue weighted by Crippen LogP contribution is 2.17. The van der Waals surface area contributed by atoms with Crippen molar-refractivity contribution in [2.45, 2.75) is 31.1 Å². The van der Waals surface area contributed by atoms with Crippen molar-refractivity contribution in [3.63, 3.8) is 0 Å². The average Bonchev–Trinajstić information content (AvgIpc) is 3.12. The number of rotatable bonds is 8. The van der Waals surface area contributed by atoms with E-state index in [9.17, 15) is 18.0 Å². The quantitative estimate of drug-likeness (QED) is 0.607. The van der Waals surface area contributed by atoms with Crippen LogP contribution in [-0.2, 0) is 21.2 Å². The third-order valence-corrected chi connectivity index (χ3v) is 7.41. The standard InChI is InChI=1S/C19H24N4O4S2/c1-14-13-28-18(22-14)4-2-3-9-21-19(25)15-5-7-16(8-6-15)29(26,27)23-11-10-20-17(24)12-23/h5-8,13H,2-4,9-12H2,1H3,(H,20,24)(H,21,25). The van der Waals surface area contributed by atoms with Crippen molar-refractivity contribution in [1.29, 1.82) is 0 Å². The molecule has 1 aliphatic rings. The summed E-state index contributed by atoms with van der Waals surface area (Å²) in [7, 11) is -3.75. The molecule has 8 nitrogen and oxygen atoms in total. The van der Waals surface area contributed by atoms with Gasteiger partial charge in [-0.25, -0.2) is 13.4 Å². The average molecular weight is 437 g/mol. The predicted molar refractivity (Wildman–Crippen MR) is 110 cm³/mol. The van der Waals surface area contributed by atoms with Crippen molar-refractivity contribution in [2.75, 3.05) is 26.2 Å². The summed E-state index contributed by atoms with van der Waals surface area (Å²) in [6.45, 7) is 2.86. The smallest absolute Gasteiger partial charge is 0.251 e. The lowest BCUT2D eigenvalue weighted by Gasteiger charge is -2.25. The fraction of sp³-hybridized carbons (Fsp3) is 0.421. The first kappa shape index (κ1) is 21.4. The maximum absolute atomic E-state index is 12.6. The number of unbranched alkanes of at least 4 members (excludes halogenated alkanes) is 1. The number of carbonyl (C=O) groups is 2. The second-order valence-corrected chi connectivity index (χ2v) is 9.69. The van der Waals surface area contributed by atoms with Crippen LogP contribution < -0.4 is 10.6 Å². The van der Waals surface area contributed by atoms with Crippen LogP contribution in [0, 0.1) is 6.92 Å². The molecule has 0 spiro atoms. The predicted octanol–water partition coefficient (Wildman–Crippen LogP) is 1.32. The monoisotopic (exact) mass is 436 g/mol. The molecule has 0 radical (unpaired) electrons. The molecule has 29 heavy (non-hydrogen) atoms. The van der Waals surface area contributed by atoms with Gasteiger partial charge in [0.1, 0.15) is 0 Å². The summed E-state index contributed by atoms with van der Waals surface area (Å²) in [6.07, 6.45) is 2.68. The molecule has 0 aliphatic carbocycles. The topological polar surface area (TPSA) is 108 Å². The SMILES string of the molecule is Cc1csc(CCCCNC(=O)c2ccc(S(=O)(=O)N3CCNC(=O)C3)cc2)n1. The van der Waals surface area contributed by atoms with E-state index in [4.69, 9.17) is 0 Å². The molecule has 1 aliphatic heterocycles. The molecule has 156 valence electrons. The zero-order valence-electron chi connectivity index (χ0n) is 16.2. The van der Waals surface area contributed by atoms with Crippen LogP contribution in [0.2, 0.25) is 0 Å². The fourth-order valence-electron chi connectivity index (χ4n) is 2.97. The maximum Gasteiger partial charge on any atom is 0.251 e. The van der Waals surface area contributed by atoms with Gasteiger partial charge in [-0.1, -0.05) is 0 Å². The fourth-order valence-corrected chi connectivity index (χ4v) is 5.19. The van der Waals surface area contributed by atoms with Crippen molar-refractivity contribution >= 4 is 33.2 Å². The van der Waals surface area contributed by atoms with E-state index in [0.29, 0.717) is 18.7 Å². The molecular formula is C19H24N4O4S2. The molecule has 1 aromatic heterocycles. The van der Waals surface area contributed by atoms with Crippen molar-refractivity contribution in [3.05, 3.63) is 45.9 Å². The van der Waals surface area contributed by atoms with Crippen molar-refractivity contribution < 1.29 is 18.0 Å². The number of carbonyl (C=O) groups excluding carboxylic acids is 2. The minimum Gasteiger partial charge on any atom is -0.354 e. The van der Waals surface area contributed by atoms with Crippen LogP contribution in [0.15, 0.2) is 34.5 Å². The number of hydrogen-bond donors (Lipinski definition) is 2. The molecule has 0 saturated carbocycles. The lowest BCUT2D eigenvalue weighted by atomic mass is 10.2. The van der Waals surface area contributed by atoms with Crippen LogP contribution in [0.1, 0.15) is 33.9 Å². The summed E-state index contributed by atoms with van der Waals surface area (Å²) in [6, 6.07) is 5.79. The Labute approximate surface area is 174 Å². The molecule has 1 saturated heterocycles. The second-order valence-electron chi connectivity index (χ2n) is 6.81. The highest BCUT2D eigenvalue weighted by atomic mass is 32.2. The van der Waals surface area contributed by atoms with Gasteiger partial charge >= 0.3 is 0 Å². The van der Waals surface area contributed by atoms with Crippen LogP contribution in [0.5, 0.6) is 0 Å². The van der Waals surface area contributed by atoms with Gasteiger partial charge in [0.15, 0.2) is 0 Å². The van der Waals surface area contributed by atoms with Crippen LogP contribution in [0.3, 0.4) is 0 Å². The molecule has 10 heteroatoms. The van der Waals surface area contributed by atoms with Crippen LogP contribution in [-0.4, -0.2) is 55.7 Å². The molecular weight excluding hydrogens is 412 g/mol. The summed E-state index contributed by atoms with van der Waals surface area (Å²) < 4.78 is 26.4. The van der Waals surface area contributed by atoms with Crippen LogP contribution >= 0.6 is 11.3 Å². The Balaban J connectivity index is 1.48. The zero-order chi connectivity index (χ0) is 20.9. The second kappa shape index (κ2) is 9.47. The van der Waals surface area contributed by atoms with E-state index >= 15 is 0 Å². The third-order valence-electron chi connectivity index (χ3n) is 4.53. The molecule has 2 N–H and O–H groups in total. The Morgan fingerprint density at radius 2 is 2.03 bits per heavy atom. The molecule has 2 heterocycles. The summed E-state index contributed by atoms with van der Waals surface area (Å²) in [5, 5.41) is 8.58. The third kappa shape index (κ3) is 5.62.